The van der Waals surface area contributed by atoms with Gasteiger partial charge >= 0.3 is 0 Å². The van der Waals surface area contributed by atoms with E-state index in [2.05, 4.69) is 89.9 Å². The van der Waals surface area contributed by atoms with E-state index in [1.807, 2.05) is 18.2 Å². The number of benzene rings is 3. The maximum Gasteiger partial charge on any atom is 0.117 e. The third kappa shape index (κ3) is 2.81. The molecule has 4 rings (SSSR count). The fraction of sp³-hybridized carbons (Fsp3) is 0.167. The topological polar surface area (TPSA) is 35.5 Å². The second-order valence-electron chi connectivity index (χ2n) is 6.79. The van der Waals surface area contributed by atoms with Crippen molar-refractivity contribution < 1.29 is 5.11 Å². The van der Waals surface area contributed by atoms with Crippen molar-refractivity contribution >= 4 is 0 Å². The molecule has 3 nitrogen and oxygen atoms in total. The number of aliphatic hydroxyl groups excluding tert-OH is 1. The van der Waals surface area contributed by atoms with Crippen molar-refractivity contribution in [2.24, 2.45) is 0 Å². The number of nitrogens with one attached hydrogen (secondary N) is 1. The van der Waals surface area contributed by atoms with Gasteiger partial charge in [0.15, 0.2) is 0 Å². The first kappa shape index (κ1) is 17.4. The minimum atomic E-state index is -0.488. The Labute approximate surface area is 160 Å². The van der Waals surface area contributed by atoms with Crippen molar-refractivity contribution in [1.82, 2.24) is 10.2 Å². The number of nitrogens with zero attached hydrogens (tertiary/aromatic N) is 1. The Balaban J connectivity index is 2.06. The lowest BCUT2D eigenvalue weighted by atomic mass is 9.75. The van der Waals surface area contributed by atoms with Gasteiger partial charge in [0, 0.05) is 5.70 Å². The highest BCUT2D eigenvalue weighted by Gasteiger charge is 2.44. The summed E-state index contributed by atoms with van der Waals surface area (Å²) in [6.07, 6.45) is 0. The molecule has 0 aliphatic carbocycles. The van der Waals surface area contributed by atoms with Gasteiger partial charge in [-0.3, -0.25) is 0 Å². The second-order valence-corrected chi connectivity index (χ2v) is 6.79. The monoisotopic (exact) mass is 356 g/mol. The summed E-state index contributed by atoms with van der Waals surface area (Å²) >= 11 is 0. The normalized spacial score (nSPS) is 14.4. The van der Waals surface area contributed by atoms with Crippen molar-refractivity contribution in [1.29, 1.82) is 0 Å². The number of hydrogen-bond acceptors (Lipinski definition) is 3. The molecule has 1 aliphatic rings. The van der Waals surface area contributed by atoms with E-state index < -0.39 is 5.54 Å². The molecule has 0 saturated heterocycles. The lowest BCUT2D eigenvalue weighted by molar-refractivity contribution is 0.222. The molecule has 0 bridgehead atoms. The van der Waals surface area contributed by atoms with Crippen LogP contribution in [0.1, 0.15) is 23.6 Å². The van der Waals surface area contributed by atoms with Crippen molar-refractivity contribution in [2.45, 2.75) is 12.5 Å². The van der Waals surface area contributed by atoms with E-state index in [4.69, 9.17) is 0 Å². The van der Waals surface area contributed by atoms with Crippen LogP contribution in [0.4, 0.5) is 0 Å². The molecule has 3 aromatic carbocycles. The summed E-state index contributed by atoms with van der Waals surface area (Å²) in [5.41, 5.74) is 5.04. The van der Waals surface area contributed by atoms with Gasteiger partial charge in [0.05, 0.1) is 19.0 Å². The minimum Gasteiger partial charge on any atom is -0.390 e. The Hall–Kier alpha value is -3.04. The number of rotatable bonds is 5. The first-order valence-electron chi connectivity index (χ1n) is 9.27. The van der Waals surface area contributed by atoms with Gasteiger partial charge in [0.25, 0.3) is 0 Å². The maximum absolute atomic E-state index is 9.78. The van der Waals surface area contributed by atoms with E-state index in [0.29, 0.717) is 6.67 Å². The molecular weight excluding hydrogens is 332 g/mol. The molecule has 27 heavy (non-hydrogen) atoms. The zero-order valence-corrected chi connectivity index (χ0v) is 15.5. The van der Waals surface area contributed by atoms with E-state index in [1.165, 1.54) is 16.7 Å². The number of hydrogen-bond donors (Lipinski definition) is 2. The molecule has 0 fully saturated rings. The van der Waals surface area contributed by atoms with Crippen molar-refractivity contribution in [3.8, 4) is 0 Å². The fourth-order valence-corrected chi connectivity index (χ4v) is 4.13. The lowest BCUT2D eigenvalue weighted by Gasteiger charge is -2.45. The molecule has 0 saturated carbocycles. The highest BCUT2D eigenvalue weighted by Crippen LogP contribution is 2.45. The molecule has 1 aliphatic heterocycles. The average Bonchev–Trinajstić information content (AvgIpc) is 3.12. The van der Waals surface area contributed by atoms with Crippen LogP contribution in [0.15, 0.2) is 102 Å². The van der Waals surface area contributed by atoms with Gasteiger partial charge in [0.1, 0.15) is 5.54 Å². The summed E-state index contributed by atoms with van der Waals surface area (Å²) in [6, 6.07) is 31.8. The maximum atomic E-state index is 9.78. The SMILES string of the molecule is CC1=C(CO)NCN1C(c1ccccc1)(c1ccccc1)c1ccccc1. The third-order valence-corrected chi connectivity index (χ3v) is 5.43. The fourth-order valence-electron chi connectivity index (χ4n) is 4.13. The van der Waals surface area contributed by atoms with E-state index in [-0.39, 0.29) is 6.61 Å². The minimum absolute atomic E-state index is 0.0107. The Morgan fingerprint density at radius 1 is 0.778 bits per heavy atom. The first-order valence-corrected chi connectivity index (χ1v) is 9.27. The van der Waals surface area contributed by atoms with Crippen LogP contribution in [0.25, 0.3) is 0 Å². The van der Waals surface area contributed by atoms with Gasteiger partial charge in [-0.1, -0.05) is 91.0 Å². The number of aliphatic hydroxyl groups is 1. The van der Waals surface area contributed by atoms with Crippen molar-refractivity contribution in [3.63, 3.8) is 0 Å². The molecule has 2 N–H and O–H groups in total. The smallest absolute Gasteiger partial charge is 0.117 e. The van der Waals surface area contributed by atoms with Gasteiger partial charge in [0.2, 0.25) is 0 Å². The van der Waals surface area contributed by atoms with Crippen molar-refractivity contribution in [2.75, 3.05) is 13.3 Å². The highest BCUT2D eigenvalue weighted by molar-refractivity contribution is 5.51. The molecule has 0 radical (unpaired) electrons. The van der Waals surface area contributed by atoms with Gasteiger partial charge < -0.3 is 15.3 Å². The molecule has 0 aromatic heterocycles. The summed E-state index contributed by atoms with van der Waals surface area (Å²) < 4.78 is 0. The average molecular weight is 356 g/mol. The molecule has 1 heterocycles. The molecule has 0 amide bonds. The predicted molar refractivity (Wildman–Crippen MR) is 109 cm³/mol. The zero-order valence-electron chi connectivity index (χ0n) is 15.5. The molecule has 0 unspecified atom stereocenters. The van der Waals surface area contributed by atoms with Gasteiger partial charge in [-0.25, -0.2) is 0 Å². The van der Waals surface area contributed by atoms with Gasteiger partial charge in [-0.15, -0.1) is 0 Å². The van der Waals surface area contributed by atoms with E-state index in [1.54, 1.807) is 0 Å². The van der Waals surface area contributed by atoms with Gasteiger partial charge in [-0.2, -0.15) is 0 Å². The van der Waals surface area contributed by atoms with Crippen LogP contribution in [0.2, 0.25) is 0 Å². The largest absolute Gasteiger partial charge is 0.390 e. The molecule has 136 valence electrons. The van der Waals surface area contributed by atoms with Crippen LogP contribution >= 0.6 is 0 Å². The summed E-state index contributed by atoms with van der Waals surface area (Å²) in [5.74, 6) is 0. The Morgan fingerprint density at radius 3 is 1.52 bits per heavy atom. The quantitative estimate of drug-likeness (QED) is 0.677. The summed E-state index contributed by atoms with van der Waals surface area (Å²) in [7, 11) is 0. The van der Waals surface area contributed by atoms with Crippen LogP contribution in [-0.4, -0.2) is 23.3 Å². The van der Waals surface area contributed by atoms with Crippen molar-refractivity contribution in [3.05, 3.63) is 119 Å². The molecule has 3 heteroatoms. The first-order chi connectivity index (χ1) is 13.3. The van der Waals surface area contributed by atoms with E-state index in [9.17, 15) is 5.11 Å². The Bertz CT molecular complexity index is 824. The van der Waals surface area contributed by atoms with E-state index >= 15 is 0 Å². The van der Waals surface area contributed by atoms with Crippen LogP contribution in [0.3, 0.4) is 0 Å². The molecular formula is C24H24N2O. The van der Waals surface area contributed by atoms with Crippen LogP contribution in [-0.2, 0) is 5.54 Å². The van der Waals surface area contributed by atoms with E-state index in [0.717, 1.165) is 11.4 Å². The predicted octanol–water partition coefficient (Wildman–Crippen LogP) is 4.07. The summed E-state index contributed by atoms with van der Waals surface area (Å²) in [5, 5.41) is 13.2. The second kappa shape index (κ2) is 7.29. The molecule has 3 aromatic rings. The standard InChI is InChI=1S/C24H24N2O/c1-19-23(17-27)25-18-26(19)24(20-11-5-2-6-12-20,21-13-7-3-8-14-21)22-15-9-4-10-16-22/h2-16,25,27H,17-18H2,1H3. The van der Waals surface area contributed by atoms with Crippen LogP contribution < -0.4 is 5.32 Å². The lowest BCUT2D eigenvalue weighted by Crippen LogP contribution is -2.47. The molecule has 0 atom stereocenters. The molecule has 0 spiro atoms. The Morgan fingerprint density at radius 2 is 1.19 bits per heavy atom. The number of allylic oxidation sites excluding steroid dienone is 1. The van der Waals surface area contributed by atoms with Crippen LogP contribution in [0, 0.1) is 0 Å². The van der Waals surface area contributed by atoms with Gasteiger partial charge in [-0.05, 0) is 23.6 Å². The Kier molecular flexibility index (Phi) is 4.69. The highest BCUT2D eigenvalue weighted by atomic mass is 16.3. The third-order valence-electron chi connectivity index (χ3n) is 5.43. The zero-order chi connectivity index (χ0) is 18.7. The summed E-state index contributed by atoms with van der Waals surface area (Å²) in [6.45, 7) is 2.73. The van der Waals surface area contributed by atoms with Crippen LogP contribution in [0.5, 0.6) is 0 Å². The summed E-state index contributed by atoms with van der Waals surface area (Å²) in [4.78, 5) is 2.36.